The van der Waals surface area contributed by atoms with Gasteiger partial charge in [0.2, 0.25) is 0 Å². The van der Waals surface area contributed by atoms with Crippen molar-refractivity contribution in [1.29, 1.82) is 0 Å². The van der Waals surface area contributed by atoms with Gasteiger partial charge in [-0.25, -0.2) is 0 Å². The Kier molecular flexibility index (Phi) is 3.23. The Bertz CT molecular complexity index is 982. The molecule has 6 heteroatoms. The van der Waals surface area contributed by atoms with Gasteiger partial charge in [0.1, 0.15) is 5.75 Å². The highest BCUT2D eigenvalue weighted by atomic mass is 79.9. The van der Waals surface area contributed by atoms with E-state index in [0.717, 1.165) is 15.4 Å². The third-order valence-electron chi connectivity index (χ3n) is 4.60. The minimum Gasteiger partial charge on any atom is -0.497 e. The van der Waals surface area contributed by atoms with Crippen LogP contribution in [0.3, 0.4) is 0 Å². The number of hydrogen-bond acceptors (Lipinski definition) is 3. The Morgan fingerprint density at radius 3 is 2.75 bits per heavy atom. The van der Waals surface area contributed by atoms with Gasteiger partial charge in [0.15, 0.2) is 5.60 Å². The molecule has 0 radical (unpaired) electrons. The summed E-state index contributed by atoms with van der Waals surface area (Å²) in [7, 11) is 3.26. The highest BCUT2D eigenvalue weighted by molar-refractivity contribution is 9.10. The van der Waals surface area contributed by atoms with Crippen LogP contribution in [0.5, 0.6) is 5.75 Å². The predicted octanol–water partition coefficient (Wildman–Crippen LogP) is 3.15. The zero-order chi connectivity index (χ0) is 17.1. The molecular weight excluding hydrogens is 372 g/mol. The lowest BCUT2D eigenvalue weighted by Gasteiger charge is -2.21. The summed E-state index contributed by atoms with van der Waals surface area (Å²) in [6.07, 6.45) is 1.69. The minimum absolute atomic E-state index is 0.376. The fourth-order valence-corrected chi connectivity index (χ4v) is 3.71. The van der Waals surface area contributed by atoms with E-state index in [9.17, 15) is 9.90 Å². The SMILES string of the molecule is COc1ccc2[nH]cc([C@]3(O)C(=O)N(C)c4ccc(Br)cc43)c2c1. The number of nitrogens with zero attached hydrogens (tertiary/aromatic N) is 1. The zero-order valence-corrected chi connectivity index (χ0v) is 14.7. The summed E-state index contributed by atoms with van der Waals surface area (Å²) < 4.78 is 6.09. The smallest absolute Gasteiger partial charge is 0.268 e. The number of aromatic nitrogens is 1. The van der Waals surface area contributed by atoms with Gasteiger partial charge in [-0.05, 0) is 36.4 Å². The highest BCUT2D eigenvalue weighted by Crippen LogP contribution is 2.46. The molecule has 0 bridgehead atoms. The lowest BCUT2D eigenvalue weighted by atomic mass is 9.87. The number of carbonyl (C=O) groups is 1. The number of aromatic amines is 1. The average Bonchev–Trinajstić information content (AvgIpc) is 3.09. The molecular formula is C18H15BrN2O3. The van der Waals surface area contributed by atoms with Crippen molar-refractivity contribution in [3.05, 3.63) is 58.2 Å². The molecule has 0 saturated carbocycles. The number of anilines is 1. The van der Waals surface area contributed by atoms with Crippen LogP contribution >= 0.6 is 15.9 Å². The average molecular weight is 387 g/mol. The van der Waals surface area contributed by atoms with E-state index >= 15 is 0 Å². The van der Waals surface area contributed by atoms with Gasteiger partial charge in [-0.2, -0.15) is 0 Å². The van der Waals surface area contributed by atoms with Crippen molar-refractivity contribution in [2.75, 3.05) is 19.1 Å². The summed E-state index contributed by atoms with van der Waals surface area (Å²) in [6, 6.07) is 11.0. The molecule has 2 N–H and O–H groups in total. The van der Waals surface area contributed by atoms with Crippen molar-refractivity contribution < 1.29 is 14.6 Å². The molecule has 0 spiro atoms. The number of nitrogens with one attached hydrogen (secondary N) is 1. The van der Waals surface area contributed by atoms with Crippen molar-refractivity contribution in [3.8, 4) is 5.75 Å². The van der Waals surface area contributed by atoms with Crippen LogP contribution in [0, 0.1) is 0 Å². The minimum atomic E-state index is -1.74. The number of rotatable bonds is 2. The maximum absolute atomic E-state index is 12.9. The fraction of sp³-hybridized carbons (Fsp3) is 0.167. The van der Waals surface area contributed by atoms with E-state index < -0.39 is 5.60 Å². The Balaban J connectivity index is 2.02. The lowest BCUT2D eigenvalue weighted by Crippen LogP contribution is -2.39. The van der Waals surface area contributed by atoms with Gasteiger partial charge in [0.05, 0.1) is 12.8 Å². The Labute approximate surface area is 147 Å². The van der Waals surface area contributed by atoms with E-state index in [1.54, 1.807) is 26.4 Å². The van der Waals surface area contributed by atoms with Crippen molar-refractivity contribution >= 4 is 38.4 Å². The molecule has 2 aromatic carbocycles. The number of methoxy groups -OCH3 is 1. The van der Waals surface area contributed by atoms with Gasteiger partial charge in [0, 0.05) is 39.7 Å². The van der Waals surface area contributed by atoms with E-state index in [4.69, 9.17) is 4.74 Å². The first kappa shape index (κ1) is 15.2. The van der Waals surface area contributed by atoms with E-state index in [1.165, 1.54) is 4.90 Å². The molecule has 1 aliphatic rings. The van der Waals surface area contributed by atoms with Gasteiger partial charge in [-0.15, -0.1) is 0 Å². The van der Waals surface area contributed by atoms with Gasteiger partial charge >= 0.3 is 0 Å². The summed E-state index contributed by atoms with van der Waals surface area (Å²) >= 11 is 3.42. The van der Waals surface area contributed by atoms with Crippen LogP contribution < -0.4 is 9.64 Å². The molecule has 3 aromatic rings. The van der Waals surface area contributed by atoms with Crippen LogP contribution in [0.1, 0.15) is 11.1 Å². The number of fused-ring (bicyclic) bond motifs is 2. The third-order valence-corrected chi connectivity index (χ3v) is 5.10. The predicted molar refractivity (Wildman–Crippen MR) is 95.4 cm³/mol. The van der Waals surface area contributed by atoms with Crippen molar-refractivity contribution in [2.24, 2.45) is 0 Å². The van der Waals surface area contributed by atoms with Gasteiger partial charge in [0.25, 0.3) is 5.91 Å². The van der Waals surface area contributed by atoms with Crippen LogP contribution in [-0.2, 0) is 10.4 Å². The highest BCUT2D eigenvalue weighted by Gasteiger charge is 2.51. The summed E-state index contributed by atoms with van der Waals surface area (Å²) in [5.74, 6) is 0.291. The first-order chi connectivity index (χ1) is 11.5. The number of halogens is 1. The van der Waals surface area contributed by atoms with E-state index in [0.29, 0.717) is 22.6 Å². The summed E-state index contributed by atoms with van der Waals surface area (Å²) in [5, 5.41) is 12.2. The molecule has 1 atom stereocenters. The van der Waals surface area contributed by atoms with Crippen LogP contribution in [0.15, 0.2) is 47.1 Å². The second-order valence-corrected chi connectivity index (χ2v) is 6.77. The van der Waals surface area contributed by atoms with Crippen LogP contribution in [0.2, 0.25) is 0 Å². The first-order valence-corrected chi connectivity index (χ1v) is 8.22. The second-order valence-electron chi connectivity index (χ2n) is 5.85. The summed E-state index contributed by atoms with van der Waals surface area (Å²) in [5.41, 5.74) is 0.873. The van der Waals surface area contributed by atoms with Crippen LogP contribution in [0.25, 0.3) is 10.9 Å². The number of benzene rings is 2. The molecule has 0 aliphatic carbocycles. The van der Waals surface area contributed by atoms with Crippen molar-refractivity contribution in [1.82, 2.24) is 4.98 Å². The van der Waals surface area contributed by atoms with E-state index in [2.05, 4.69) is 20.9 Å². The van der Waals surface area contributed by atoms with Gasteiger partial charge in [-0.3, -0.25) is 4.79 Å². The number of likely N-dealkylation sites (N-methyl/N-ethyl adjacent to an activating group) is 1. The number of amides is 1. The topological polar surface area (TPSA) is 65.6 Å². The number of carbonyl (C=O) groups excluding carboxylic acids is 1. The van der Waals surface area contributed by atoms with E-state index in [1.807, 2.05) is 30.3 Å². The quantitative estimate of drug-likeness (QED) is 0.710. The molecule has 0 saturated heterocycles. The van der Waals surface area contributed by atoms with Gasteiger partial charge in [-0.1, -0.05) is 15.9 Å². The Hall–Kier alpha value is -2.31. The zero-order valence-electron chi connectivity index (χ0n) is 13.1. The molecule has 2 heterocycles. The number of aliphatic hydroxyl groups is 1. The lowest BCUT2D eigenvalue weighted by molar-refractivity contribution is -0.131. The molecule has 5 nitrogen and oxygen atoms in total. The molecule has 122 valence electrons. The fourth-order valence-electron chi connectivity index (χ4n) is 3.34. The second kappa shape index (κ2) is 5.09. The Morgan fingerprint density at radius 1 is 1.21 bits per heavy atom. The largest absolute Gasteiger partial charge is 0.497 e. The number of ether oxygens (including phenoxy) is 1. The maximum atomic E-state index is 12.9. The molecule has 1 amide bonds. The standard InChI is InChI=1S/C18H15BrN2O3/c1-21-16-6-3-10(19)7-13(16)18(23,17(21)22)14-9-20-15-5-4-11(24-2)8-12(14)15/h3-9,20,23H,1-2H3/t18-/m0/s1. The van der Waals surface area contributed by atoms with Crippen molar-refractivity contribution in [2.45, 2.75) is 5.60 Å². The monoisotopic (exact) mass is 386 g/mol. The van der Waals surface area contributed by atoms with Crippen molar-refractivity contribution in [3.63, 3.8) is 0 Å². The summed E-state index contributed by atoms with van der Waals surface area (Å²) in [4.78, 5) is 17.5. The summed E-state index contributed by atoms with van der Waals surface area (Å²) in [6.45, 7) is 0. The molecule has 24 heavy (non-hydrogen) atoms. The van der Waals surface area contributed by atoms with Crippen LogP contribution in [-0.4, -0.2) is 30.2 Å². The van der Waals surface area contributed by atoms with E-state index in [-0.39, 0.29) is 5.91 Å². The molecule has 1 aromatic heterocycles. The molecule has 0 fully saturated rings. The molecule has 0 unspecified atom stereocenters. The number of H-pyrrole nitrogens is 1. The molecule has 1 aliphatic heterocycles. The molecule has 4 rings (SSSR count). The third kappa shape index (κ3) is 1.87. The van der Waals surface area contributed by atoms with Gasteiger partial charge < -0.3 is 19.7 Å². The Morgan fingerprint density at radius 2 is 2.00 bits per heavy atom. The number of hydrogen-bond donors (Lipinski definition) is 2. The normalized spacial score (nSPS) is 19.8. The van der Waals surface area contributed by atoms with Crippen LogP contribution in [0.4, 0.5) is 5.69 Å². The maximum Gasteiger partial charge on any atom is 0.268 e. The first-order valence-electron chi connectivity index (χ1n) is 7.43.